The van der Waals surface area contributed by atoms with Gasteiger partial charge in [0.15, 0.2) is 0 Å². The highest BCUT2D eigenvalue weighted by Crippen LogP contribution is 2.30. The molecule has 32 heavy (non-hydrogen) atoms. The van der Waals surface area contributed by atoms with Crippen LogP contribution >= 0.6 is 0 Å². The third-order valence-electron chi connectivity index (χ3n) is 5.73. The predicted molar refractivity (Wildman–Crippen MR) is 114 cm³/mol. The summed E-state index contributed by atoms with van der Waals surface area (Å²) in [5, 5.41) is 10.9. The molecule has 0 radical (unpaired) electrons. The Morgan fingerprint density at radius 3 is 2.56 bits per heavy atom. The Hall–Kier alpha value is -2.68. The molecular formula is C23H31FN2O6. The molecule has 2 saturated heterocycles. The summed E-state index contributed by atoms with van der Waals surface area (Å²) in [6.45, 7) is 6.38. The van der Waals surface area contributed by atoms with Crippen LogP contribution in [-0.4, -0.2) is 76.1 Å². The van der Waals surface area contributed by atoms with E-state index in [1.54, 1.807) is 20.8 Å². The second kappa shape index (κ2) is 9.44. The fourth-order valence-corrected chi connectivity index (χ4v) is 4.13. The zero-order valence-corrected chi connectivity index (χ0v) is 18.9. The van der Waals surface area contributed by atoms with Crippen LogP contribution in [0.2, 0.25) is 0 Å². The largest absolute Gasteiger partial charge is 0.447 e. The third-order valence-corrected chi connectivity index (χ3v) is 5.73. The average molecular weight is 451 g/mol. The van der Waals surface area contributed by atoms with Crippen LogP contribution in [0.25, 0.3) is 0 Å². The maximum atomic E-state index is 14.2. The molecule has 176 valence electrons. The molecule has 5 atom stereocenters. The van der Waals surface area contributed by atoms with E-state index in [1.165, 1.54) is 6.92 Å². The quantitative estimate of drug-likeness (QED) is 0.741. The maximum Gasteiger partial charge on any atom is 0.416 e. The summed E-state index contributed by atoms with van der Waals surface area (Å²) in [4.78, 5) is 40.2. The number of ether oxygens (including phenoxy) is 2. The number of hydrogen-bond donors (Lipinski definition) is 1. The average Bonchev–Trinajstić information content (AvgIpc) is 3.28. The summed E-state index contributed by atoms with van der Waals surface area (Å²) >= 11 is 0. The van der Waals surface area contributed by atoms with Gasteiger partial charge in [0.2, 0.25) is 5.91 Å². The molecule has 0 aliphatic carbocycles. The lowest BCUT2D eigenvalue weighted by Crippen LogP contribution is -2.52. The SMILES string of the molecule is C[C@@H](C(=O)N1C(=O)OC[C@H]1Cc1ccccc1)[C@@H](O)[C@@H]1C[C@H](F)CN1C(=O)OC(C)(C)C. The normalized spacial score (nSPS) is 25.4. The van der Waals surface area contributed by atoms with E-state index in [2.05, 4.69) is 0 Å². The molecule has 0 bridgehead atoms. The Balaban J connectivity index is 1.73. The molecule has 2 aliphatic heterocycles. The minimum atomic E-state index is -1.37. The van der Waals surface area contributed by atoms with E-state index < -0.39 is 54.0 Å². The van der Waals surface area contributed by atoms with Crippen LogP contribution in [0.5, 0.6) is 0 Å². The lowest BCUT2D eigenvalue weighted by Gasteiger charge is -2.33. The highest BCUT2D eigenvalue weighted by atomic mass is 19.1. The maximum absolute atomic E-state index is 14.2. The summed E-state index contributed by atoms with van der Waals surface area (Å²) in [6, 6.07) is 7.94. The molecule has 1 N–H and O–H groups in total. The van der Waals surface area contributed by atoms with Crippen molar-refractivity contribution >= 4 is 18.1 Å². The van der Waals surface area contributed by atoms with Gasteiger partial charge in [-0.05, 0) is 32.8 Å². The van der Waals surface area contributed by atoms with Crippen molar-refractivity contribution in [3.05, 3.63) is 35.9 Å². The summed E-state index contributed by atoms with van der Waals surface area (Å²) in [5.74, 6) is -1.67. The topological polar surface area (TPSA) is 96.4 Å². The Morgan fingerprint density at radius 2 is 1.94 bits per heavy atom. The fourth-order valence-electron chi connectivity index (χ4n) is 4.13. The zero-order chi connectivity index (χ0) is 23.6. The van der Waals surface area contributed by atoms with Crippen LogP contribution in [-0.2, 0) is 20.7 Å². The van der Waals surface area contributed by atoms with Gasteiger partial charge in [0.25, 0.3) is 0 Å². The standard InChI is InChI=1S/C23H31FN2O6/c1-14(19(27)18-11-16(24)12-25(18)21(29)32-23(2,3)4)20(28)26-17(13-31-22(26)30)10-15-8-6-5-7-9-15/h5-9,14,16-19,27H,10-13H2,1-4H3/t14-,16+,17-,18+,19-/m1/s1. The number of cyclic esters (lactones) is 1. The van der Waals surface area contributed by atoms with Crippen LogP contribution in [0.15, 0.2) is 30.3 Å². The molecular weight excluding hydrogens is 419 g/mol. The number of likely N-dealkylation sites (tertiary alicyclic amines) is 1. The number of carbonyl (C=O) groups is 3. The first-order chi connectivity index (χ1) is 15.0. The van der Waals surface area contributed by atoms with E-state index >= 15 is 0 Å². The minimum absolute atomic E-state index is 0.0578. The summed E-state index contributed by atoms with van der Waals surface area (Å²) in [5.41, 5.74) is 0.154. The number of imide groups is 1. The minimum Gasteiger partial charge on any atom is -0.447 e. The van der Waals surface area contributed by atoms with Gasteiger partial charge >= 0.3 is 12.2 Å². The monoisotopic (exact) mass is 450 g/mol. The molecule has 2 heterocycles. The van der Waals surface area contributed by atoms with Crippen molar-refractivity contribution in [2.24, 2.45) is 5.92 Å². The van der Waals surface area contributed by atoms with Crippen molar-refractivity contribution in [3.63, 3.8) is 0 Å². The number of aliphatic hydroxyl groups excluding tert-OH is 1. The summed E-state index contributed by atoms with van der Waals surface area (Å²) in [7, 11) is 0. The van der Waals surface area contributed by atoms with E-state index in [-0.39, 0.29) is 19.6 Å². The van der Waals surface area contributed by atoms with Gasteiger partial charge in [-0.3, -0.25) is 9.69 Å². The lowest BCUT2D eigenvalue weighted by molar-refractivity contribution is -0.138. The van der Waals surface area contributed by atoms with Crippen LogP contribution in [0, 0.1) is 5.92 Å². The number of carbonyl (C=O) groups excluding carboxylic acids is 3. The first kappa shape index (κ1) is 24.0. The van der Waals surface area contributed by atoms with E-state index in [1.807, 2.05) is 30.3 Å². The van der Waals surface area contributed by atoms with E-state index in [0.29, 0.717) is 6.42 Å². The predicted octanol–water partition coefficient (Wildman–Crippen LogP) is 2.92. The molecule has 3 amide bonds. The molecule has 1 aromatic carbocycles. The number of hydrogen-bond acceptors (Lipinski definition) is 6. The Labute approximate surface area is 187 Å². The fraction of sp³-hybridized carbons (Fsp3) is 0.609. The molecule has 0 spiro atoms. The molecule has 0 saturated carbocycles. The van der Waals surface area contributed by atoms with Gasteiger partial charge in [0.05, 0.1) is 30.7 Å². The van der Waals surface area contributed by atoms with Crippen molar-refractivity contribution < 1.29 is 33.4 Å². The van der Waals surface area contributed by atoms with Crippen molar-refractivity contribution in [1.29, 1.82) is 0 Å². The van der Waals surface area contributed by atoms with E-state index in [4.69, 9.17) is 9.47 Å². The molecule has 3 rings (SSSR count). The highest BCUT2D eigenvalue weighted by molar-refractivity contribution is 5.95. The van der Waals surface area contributed by atoms with Gasteiger partial charge in [0, 0.05) is 6.42 Å². The van der Waals surface area contributed by atoms with Crippen molar-refractivity contribution in [3.8, 4) is 0 Å². The zero-order valence-electron chi connectivity index (χ0n) is 18.9. The third kappa shape index (κ3) is 5.38. The van der Waals surface area contributed by atoms with Crippen molar-refractivity contribution in [2.75, 3.05) is 13.2 Å². The molecule has 1 aromatic rings. The Morgan fingerprint density at radius 1 is 1.28 bits per heavy atom. The van der Waals surface area contributed by atoms with E-state index in [9.17, 15) is 23.9 Å². The van der Waals surface area contributed by atoms with Gasteiger partial charge in [-0.1, -0.05) is 37.3 Å². The molecule has 0 aromatic heterocycles. The van der Waals surface area contributed by atoms with Gasteiger partial charge in [-0.2, -0.15) is 0 Å². The Bertz CT molecular complexity index is 843. The second-order valence-corrected chi connectivity index (χ2v) is 9.44. The number of amides is 3. The first-order valence-electron chi connectivity index (χ1n) is 10.8. The van der Waals surface area contributed by atoms with E-state index in [0.717, 1.165) is 15.4 Å². The van der Waals surface area contributed by atoms with Gasteiger partial charge in [-0.25, -0.2) is 18.9 Å². The van der Waals surface area contributed by atoms with Crippen molar-refractivity contribution in [1.82, 2.24) is 9.80 Å². The first-order valence-corrected chi connectivity index (χ1v) is 10.8. The summed E-state index contributed by atoms with van der Waals surface area (Å²) < 4.78 is 24.6. The molecule has 9 heteroatoms. The molecule has 2 aliphatic rings. The number of rotatable bonds is 5. The van der Waals surface area contributed by atoms with Crippen LogP contribution in [0.1, 0.15) is 39.7 Å². The number of benzene rings is 1. The smallest absolute Gasteiger partial charge is 0.416 e. The van der Waals surface area contributed by atoms with Gasteiger partial charge in [-0.15, -0.1) is 0 Å². The van der Waals surface area contributed by atoms with Gasteiger partial charge in [0.1, 0.15) is 18.4 Å². The summed E-state index contributed by atoms with van der Waals surface area (Å²) in [6.07, 6.45) is -3.93. The highest BCUT2D eigenvalue weighted by Gasteiger charge is 2.47. The van der Waals surface area contributed by atoms with Crippen LogP contribution < -0.4 is 0 Å². The lowest BCUT2D eigenvalue weighted by atomic mass is 9.94. The number of nitrogens with zero attached hydrogens (tertiary/aromatic N) is 2. The van der Waals surface area contributed by atoms with Crippen LogP contribution in [0.3, 0.4) is 0 Å². The molecule has 8 nitrogen and oxygen atoms in total. The molecule has 0 unspecified atom stereocenters. The number of aliphatic hydroxyl groups is 1. The van der Waals surface area contributed by atoms with Crippen LogP contribution in [0.4, 0.5) is 14.0 Å². The number of alkyl halides is 1. The Kier molecular flexibility index (Phi) is 7.07. The van der Waals surface area contributed by atoms with Gasteiger partial charge < -0.3 is 14.6 Å². The van der Waals surface area contributed by atoms with Crippen molar-refractivity contribution in [2.45, 2.75) is 70.5 Å². The molecule has 2 fully saturated rings. The second-order valence-electron chi connectivity index (χ2n) is 9.44. The number of halogens is 1.